The highest BCUT2D eigenvalue weighted by Gasteiger charge is 2.55. The largest absolute Gasteiger partial charge is 0.390 e. The van der Waals surface area contributed by atoms with Crippen molar-refractivity contribution in [2.45, 2.75) is 68.5 Å². The minimum absolute atomic E-state index is 0.0371. The van der Waals surface area contributed by atoms with Gasteiger partial charge in [-0.1, -0.05) is 0 Å². The van der Waals surface area contributed by atoms with Crippen LogP contribution in [0.3, 0.4) is 0 Å². The molecule has 1 aliphatic heterocycles. The maximum absolute atomic E-state index is 13.2. The number of nitrogens with zero attached hydrogens (tertiary/aromatic N) is 2. The van der Waals surface area contributed by atoms with Gasteiger partial charge < -0.3 is 20.5 Å². The van der Waals surface area contributed by atoms with Crippen LogP contribution < -0.4 is 10.6 Å². The summed E-state index contributed by atoms with van der Waals surface area (Å²) in [6.45, 7) is 1.37. The second kappa shape index (κ2) is 6.13. The Labute approximate surface area is 164 Å². The van der Waals surface area contributed by atoms with E-state index in [1.54, 1.807) is 6.20 Å². The number of aromatic nitrogens is 2. The zero-order chi connectivity index (χ0) is 18.9. The van der Waals surface area contributed by atoms with Crippen molar-refractivity contribution in [1.82, 2.24) is 15.3 Å². The lowest BCUT2D eigenvalue weighted by atomic mass is 9.52. The third-order valence-electron chi connectivity index (χ3n) is 7.54. The van der Waals surface area contributed by atoms with Crippen molar-refractivity contribution >= 4 is 11.9 Å². The van der Waals surface area contributed by atoms with Crippen molar-refractivity contribution in [3.63, 3.8) is 0 Å². The smallest absolute Gasteiger partial charge is 0.254 e. The van der Waals surface area contributed by atoms with Crippen LogP contribution in [0, 0.1) is 17.8 Å². The molecular weight excluding hydrogens is 356 g/mol. The van der Waals surface area contributed by atoms with E-state index in [1.807, 2.05) is 0 Å². The Hall–Kier alpha value is -1.73. The van der Waals surface area contributed by atoms with E-state index in [-0.39, 0.29) is 18.0 Å². The zero-order valence-electron chi connectivity index (χ0n) is 16.1. The summed E-state index contributed by atoms with van der Waals surface area (Å²) >= 11 is 0. The molecule has 6 fully saturated rings. The molecule has 1 aromatic rings. The summed E-state index contributed by atoms with van der Waals surface area (Å²) in [5, 5.41) is 17.4. The first-order valence-electron chi connectivity index (χ1n) is 10.8. The van der Waals surface area contributed by atoms with Crippen LogP contribution in [0.15, 0.2) is 6.20 Å². The second-order valence-corrected chi connectivity index (χ2v) is 9.84. The topological polar surface area (TPSA) is 96.4 Å². The third kappa shape index (κ3) is 2.90. The van der Waals surface area contributed by atoms with Crippen LogP contribution in [0.4, 0.5) is 5.95 Å². The molecule has 1 aromatic heterocycles. The van der Waals surface area contributed by atoms with Crippen molar-refractivity contribution in [1.29, 1.82) is 0 Å². The van der Waals surface area contributed by atoms with Crippen molar-refractivity contribution in [2.75, 3.05) is 18.5 Å². The Kier molecular flexibility index (Phi) is 3.76. The maximum atomic E-state index is 13.2. The highest BCUT2D eigenvalue weighted by atomic mass is 16.5. The van der Waals surface area contributed by atoms with E-state index in [4.69, 9.17) is 9.72 Å². The number of carbonyl (C=O) groups excluding carboxylic acids is 1. The van der Waals surface area contributed by atoms with Gasteiger partial charge in [0.15, 0.2) is 0 Å². The number of aliphatic hydroxyl groups is 1. The highest BCUT2D eigenvalue weighted by Crippen LogP contribution is 2.55. The van der Waals surface area contributed by atoms with Gasteiger partial charge in [-0.2, -0.15) is 0 Å². The van der Waals surface area contributed by atoms with Crippen LogP contribution in [0.25, 0.3) is 0 Å². The van der Waals surface area contributed by atoms with Gasteiger partial charge in [-0.25, -0.2) is 9.97 Å². The Morgan fingerprint density at radius 1 is 1.18 bits per heavy atom. The van der Waals surface area contributed by atoms with E-state index in [0.717, 1.165) is 50.6 Å². The first-order valence-corrected chi connectivity index (χ1v) is 10.8. The molecule has 7 nitrogen and oxygen atoms in total. The quantitative estimate of drug-likeness (QED) is 0.717. The summed E-state index contributed by atoms with van der Waals surface area (Å²) < 4.78 is 5.20. The van der Waals surface area contributed by atoms with E-state index in [9.17, 15) is 9.90 Å². The molecule has 0 aromatic carbocycles. The van der Waals surface area contributed by atoms with Crippen LogP contribution in [0.1, 0.15) is 66.9 Å². The SMILES string of the molecule is O=C(NC1C2CC3CC1CC(O)(C3)C2)c1cnc(NC2COC2)nc1C1CC1. The van der Waals surface area contributed by atoms with E-state index in [0.29, 0.717) is 48.4 Å². The lowest BCUT2D eigenvalue weighted by Crippen LogP contribution is -2.61. The fourth-order valence-electron chi connectivity index (χ4n) is 6.26. The van der Waals surface area contributed by atoms with E-state index < -0.39 is 5.60 Å². The summed E-state index contributed by atoms with van der Waals surface area (Å²) in [4.78, 5) is 22.3. The Bertz CT molecular complexity index is 791. The molecule has 3 N–H and O–H groups in total. The Balaban J connectivity index is 1.21. The van der Waals surface area contributed by atoms with Crippen LogP contribution in [-0.2, 0) is 4.74 Å². The standard InChI is InChI=1S/C21H28N4O3/c26-19(24-17-13-3-11-4-14(17)7-21(27,5-11)6-13)16-8-22-20(23-15-9-28-10-15)25-18(16)12-1-2-12/h8,11-15,17,27H,1-7,9-10H2,(H,24,26)(H,22,23,25). The molecular formula is C21H28N4O3. The lowest BCUT2D eigenvalue weighted by Gasteiger charge is -2.58. The van der Waals surface area contributed by atoms with E-state index >= 15 is 0 Å². The molecule has 7 heteroatoms. The summed E-state index contributed by atoms with van der Waals surface area (Å²) in [5.41, 5.74) is 1.04. The summed E-state index contributed by atoms with van der Waals surface area (Å²) in [6, 6.07) is 0.451. The molecule has 150 valence electrons. The number of ether oxygens (including phenoxy) is 1. The molecule has 6 aliphatic rings. The zero-order valence-corrected chi connectivity index (χ0v) is 16.1. The molecule has 1 saturated heterocycles. The number of amides is 1. The molecule has 4 bridgehead atoms. The van der Waals surface area contributed by atoms with Gasteiger partial charge in [-0.15, -0.1) is 0 Å². The monoisotopic (exact) mass is 384 g/mol. The number of nitrogens with one attached hydrogen (secondary N) is 2. The Morgan fingerprint density at radius 3 is 2.54 bits per heavy atom. The molecule has 5 saturated carbocycles. The predicted molar refractivity (Wildman–Crippen MR) is 102 cm³/mol. The Morgan fingerprint density at radius 2 is 1.93 bits per heavy atom. The fourth-order valence-corrected chi connectivity index (χ4v) is 6.26. The minimum atomic E-state index is -0.474. The molecule has 5 aliphatic carbocycles. The van der Waals surface area contributed by atoms with Gasteiger partial charge in [0.1, 0.15) is 0 Å². The number of rotatable bonds is 5. The van der Waals surface area contributed by atoms with Crippen molar-refractivity contribution in [3.05, 3.63) is 17.5 Å². The van der Waals surface area contributed by atoms with Gasteiger partial charge in [0.05, 0.1) is 36.1 Å². The fraction of sp³-hybridized carbons (Fsp3) is 0.762. The predicted octanol–water partition coefficient (Wildman–Crippen LogP) is 1.83. The van der Waals surface area contributed by atoms with Crippen molar-refractivity contribution in [3.8, 4) is 0 Å². The van der Waals surface area contributed by atoms with Gasteiger partial charge >= 0.3 is 0 Å². The van der Waals surface area contributed by atoms with Crippen LogP contribution in [0.5, 0.6) is 0 Å². The summed E-state index contributed by atoms with van der Waals surface area (Å²) in [6.07, 6.45) is 8.79. The highest BCUT2D eigenvalue weighted by molar-refractivity contribution is 5.95. The summed E-state index contributed by atoms with van der Waals surface area (Å²) in [7, 11) is 0. The van der Waals surface area contributed by atoms with Gasteiger partial charge in [-0.3, -0.25) is 4.79 Å². The average molecular weight is 384 g/mol. The van der Waals surface area contributed by atoms with Gasteiger partial charge in [0.2, 0.25) is 5.95 Å². The molecule has 2 unspecified atom stereocenters. The first kappa shape index (κ1) is 17.2. The average Bonchev–Trinajstić information content (AvgIpc) is 3.44. The number of anilines is 1. The molecule has 1 amide bonds. The van der Waals surface area contributed by atoms with Crippen LogP contribution in [-0.4, -0.2) is 51.9 Å². The van der Waals surface area contributed by atoms with Gasteiger partial charge in [-0.05, 0) is 62.7 Å². The molecule has 2 atom stereocenters. The van der Waals surface area contributed by atoms with Crippen molar-refractivity contribution < 1.29 is 14.6 Å². The van der Waals surface area contributed by atoms with Crippen LogP contribution in [0.2, 0.25) is 0 Å². The summed E-state index contributed by atoms with van der Waals surface area (Å²) in [5.74, 6) is 2.39. The second-order valence-electron chi connectivity index (χ2n) is 9.84. The number of hydrogen-bond donors (Lipinski definition) is 3. The van der Waals surface area contributed by atoms with Crippen molar-refractivity contribution in [2.24, 2.45) is 17.8 Å². The number of hydrogen-bond acceptors (Lipinski definition) is 6. The lowest BCUT2D eigenvalue weighted by molar-refractivity contribution is -0.136. The molecule has 0 radical (unpaired) electrons. The van der Waals surface area contributed by atoms with Crippen LogP contribution >= 0.6 is 0 Å². The third-order valence-corrected chi connectivity index (χ3v) is 7.54. The van der Waals surface area contributed by atoms with Gasteiger partial charge in [0.25, 0.3) is 5.91 Å². The van der Waals surface area contributed by atoms with Gasteiger partial charge in [0, 0.05) is 18.2 Å². The molecule has 0 spiro atoms. The normalized spacial score (nSPS) is 38.9. The number of carbonyl (C=O) groups is 1. The molecule has 7 rings (SSSR count). The first-order chi connectivity index (χ1) is 13.6. The van der Waals surface area contributed by atoms with E-state index in [1.165, 1.54) is 0 Å². The van der Waals surface area contributed by atoms with E-state index in [2.05, 4.69) is 15.6 Å². The molecule has 2 heterocycles. The molecule has 28 heavy (non-hydrogen) atoms. The minimum Gasteiger partial charge on any atom is -0.390 e. The maximum Gasteiger partial charge on any atom is 0.254 e.